The van der Waals surface area contributed by atoms with Gasteiger partial charge in [-0.2, -0.15) is 0 Å². The summed E-state index contributed by atoms with van der Waals surface area (Å²) >= 11 is 5.93. The molecule has 0 saturated carbocycles. The molecule has 1 aromatic carbocycles. The van der Waals surface area contributed by atoms with Crippen LogP contribution < -0.4 is 10.2 Å². The summed E-state index contributed by atoms with van der Waals surface area (Å²) in [7, 11) is 0. The number of benzene rings is 1. The van der Waals surface area contributed by atoms with Crippen molar-refractivity contribution in [3.8, 4) is 0 Å². The number of rotatable bonds is 5. The Morgan fingerprint density at radius 2 is 2.09 bits per heavy atom. The van der Waals surface area contributed by atoms with Crippen LogP contribution in [0.15, 0.2) is 24.3 Å². The number of amides is 1. The third-order valence-corrected chi connectivity index (χ3v) is 4.58. The normalized spacial score (nSPS) is 22.2. The summed E-state index contributed by atoms with van der Waals surface area (Å²) in [4.78, 5) is 25.3. The Balaban J connectivity index is 1.85. The van der Waals surface area contributed by atoms with Crippen LogP contribution in [0, 0.1) is 5.92 Å². The highest BCUT2D eigenvalue weighted by Crippen LogP contribution is 2.15. The first kappa shape index (κ1) is 17.8. The number of carbonyl (C=O) groups excluding carboxylic acids is 2. The fourth-order valence-corrected chi connectivity index (χ4v) is 3.11. The summed E-state index contributed by atoms with van der Waals surface area (Å²) in [5.74, 6) is -0.165. The number of anilines is 1. The first-order valence-corrected chi connectivity index (χ1v) is 8.46. The highest BCUT2D eigenvalue weighted by molar-refractivity contribution is 6.30. The number of carbonyl (C=O) groups is 2. The summed E-state index contributed by atoms with van der Waals surface area (Å²) in [6, 6.07) is 6.96. The van der Waals surface area contributed by atoms with Crippen LogP contribution in [0.1, 0.15) is 26.7 Å². The average Bonchev–Trinajstić information content (AvgIpc) is 2.54. The number of quaternary nitrogens is 1. The van der Waals surface area contributed by atoms with Gasteiger partial charge in [0, 0.05) is 23.6 Å². The number of hydrogen-bond acceptors (Lipinski definition) is 3. The Hall–Kier alpha value is -1.59. The van der Waals surface area contributed by atoms with Crippen LogP contribution in [0.5, 0.6) is 0 Å². The molecule has 0 bridgehead atoms. The standard InChI is InChI=1S/C17H23ClN2O3/c1-3-23-17(22)13-7-9-20(10-8-13)12(2)16(21)19-15-6-4-5-14(18)11-15/h4-6,11-13H,3,7-10H2,1-2H3,(H,19,21)/p+1/t12-/m0/s1. The lowest BCUT2D eigenvalue weighted by Gasteiger charge is -2.31. The molecule has 1 heterocycles. The molecule has 126 valence electrons. The first-order valence-electron chi connectivity index (χ1n) is 8.09. The van der Waals surface area contributed by atoms with Crippen LogP contribution in [0.3, 0.4) is 0 Å². The highest BCUT2D eigenvalue weighted by Gasteiger charge is 2.33. The molecule has 0 unspecified atom stereocenters. The average molecular weight is 340 g/mol. The Morgan fingerprint density at radius 1 is 1.39 bits per heavy atom. The van der Waals surface area contributed by atoms with E-state index in [9.17, 15) is 9.59 Å². The Morgan fingerprint density at radius 3 is 2.70 bits per heavy atom. The van der Waals surface area contributed by atoms with E-state index in [1.807, 2.05) is 19.9 Å². The van der Waals surface area contributed by atoms with Gasteiger partial charge in [-0.15, -0.1) is 0 Å². The van der Waals surface area contributed by atoms with Gasteiger partial charge in [-0.25, -0.2) is 0 Å². The van der Waals surface area contributed by atoms with Gasteiger partial charge in [0.15, 0.2) is 6.04 Å². The number of likely N-dealkylation sites (tertiary alicyclic amines) is 1. The van der Waals surface area contributed by atoms with Crippen LogP contribution in [0.4, 0.5) is 5.69 Å². The first-order chi connectivity index (χ1) is 11.0. The molecule has 0 radical (unpaired) electrons. The molecule has 0 aliphatic carbocycles. The van der Waals surface area contributed by atoms with E-state index in [1.165, 1.54) is 4.90 Å². The number of halogens is 1. The number of hydrogen-bond donors (Lipinski definition) is 2. The summed E-state index contributed by atoms with van der Waals surface area (Å²) < 4.78 is 5.07. The predicted octanol–water partition coefficient (Wildman–Crippen LogP) is 1.52. The second kappa shape index (κ2) is 8.31. The zero-order chi connectivity index (χ0) is 16.8. The molecule has 1 atom stereocenters. The van der Waals surface area contributed by atoms with Crippen LogP contribution in [0.25, 0.3) is 0 Å². The SMILES string of the molecule is CCOC(=O)C1CC[NH+]([C@@H](C)C(=O)Nc2cccc(Cl)c2)CC1. The van der Waals surface area contributed by atoms with E-state index < -0.39 is 0 Å². The van der Waals surface area contributed by atoms with Crippen molar-refractivity contribution in [2.24, 2.45) is 5.92 Å². The Labute approximate surface area is 141 Å². The van der Waals surface area contributed by atoms with Crippen LogP contribution >= 0.6 is 11.6 Å². The van der Waals surface area contributed by atoms with Gasteiger partial charge >= 0.3 is 5.97 Å². The maximum Gasteiger partial charge on any atom is 0.309 e. The fraction of sp³-hybridized carbons (Fsp3) is 0.529. The van der Waals surface area contributed by atoms with Crippen molar-refractivity contribution in [3.05, 3.63) is 29.3 Å². The summed E-state index contributed by atoms with van der Waals surface area (Å²) in [5.41, 5.74) is 0.704. The minimum atomic E-state index is -0.169. The lowest BCUT2D eigenvalue weighted by atomic mass is 9.96. The van der Waals surface area contributed by atoms with Crippen LogP contribution in [0.2, 0.25) is 5.02 Å². The molecule has 5 nitrogen and oxygen atoms in total. The molecule has 6 heteroatoms. The molecular formula is C17H24ClN2O3+. The third-order valence-electron chi connectivity index (χ3n) is 4.35. The third kappa shape index (κ3) is 4.94. The second-order valence-corrected chi connectivity index (χ2v) is 6.34. The highest BCUT2D eigenvalue weighted by atomic mass is 35.5. The lowest BCUT2D eigenvalue weighted by molar-refractivity contribution is -0.919. The summed E-state index contributed by atoms with van der Waals surface area (Å²) in [6.07, 6.45) is 1.53. The molecule has 1 aliphatic rings. The molecule has 0 spiro atoms. The number of nitrogens with one attached hydrogen (secondary N) is 2. The zero-order valence-electron chi connectivity index (χ0n) is 13.6. The largest absolute Gasteiger partial charge is 0.466 e. The van der Waals surface area contributed by atoms with E-state index in [0.29, 0.717) is 17.3 Å². The van der Waals surface area contributed by atoms with Gasteiger partial charge < -0.3 is 15.0 Å². The van der Waals surface area contributed by atoms with Gasteiger partial charge in [0.25, 0.3) is 5.91 Å². The minimum Gasteiger partial charge on any atom is -0.466 e. The van der Waals surface area contributed by atoms with Gasteiger partial charge in [0.05, 0.1) is 25.6 Å². The van der Waals surface area contributed by atoms with Crippen molar-refractivity contribution in [3.63, 3.8) is 0 Å². The van der Waals surface area contributed by atoms with Gasteiger partial charge in [-0.3, -0.25) is 9.59 Å². The molecule has 23 heavy (non-hydrogen) atoms. The van der Waals surface area contributed by atoms with E-state index in [0.717, 1.165) is 25.9 Å². The van der Waals surface area contributed by atoms with Crippen LogP contribution in [-0.4, -0.2) is 37.6 Å². The van der Waals surface area contributed by atoms with E-state index in [2.05, 4.69) is 5.32 Å². The van der Waals surface area contributed by atoms with E-state index >= 15 is 0 Å². The second-order valence-electron chi connectivity index (χ2n) is 5.91. The van der Waals surface area contributed by atoms with Gasteiger partial charge in [0.1, 0.15) is 0 Å². The summed E-state index contributed by atoms with van der Waals surface area (Å²) in [5, 5.41) is 3.49. The fourth-order valence-electron chi connectivity index (χ4n) is 2.92. The topological polar surface area (TPSA) is 59.8 Å². The van der Waals surface area contributed by atoms with Gasteiger partial charge in [-0.1, -0.05) is 17.7 Å². The smallest absolute Gasteiger partial charge is 0.309 e. The van der Waals surface area contributed by atoms with E-state index in [1.54, 1.807) is 18.2 Å². The molecule has 2 N–H and O–H groups in total. The number of ether oxygens (including phenoxy) is 1. The molecule has 1 aliphatic heterocycles. The molecule has 0 aromatic heterocycles. The molecule has 2 rings (SSSR count). The maximum absolute atomic E-state index is 12.4. The molecule has 1 aromatic rings. The van der Waals surface area contributed by atoms with E-state index in [4.69, 9.17) is 16.3 Å². The van der Waals surface area contributed by atoms with Crippen molar-refractivity contribution >= 4 is 29.2 Å². The summed E-state index contributed by atoms with van der Waals surface area (Å²) in [6.45, 7) is 5.76. The van der Waals surface area contributed by atoms with Crippen molar-refractivity contribution < 1.29 is 19.2 Å². The van der Waals surface area contributed by atoms with Crippen molar-refractivity contribution in [2.75, 3.05) is 25.0 Å². The number of esters is 1. The minimum absolute atomic E-state index is 0.0260. The number of piperidine rings is 1. The quantitative estimate of drug-likeness (QED) is 0.800. The van der Waals surface area contributed by atoms with Gasteiger partial charge in [0.2, 0.25) is 0 Å². The Kier molecular flexibility index (Phi) is 6.42. The monoisotopic (exact) mass is 339 g/mol. The van der Waals surface area contributed by atoms with Crippen LogP contribution in [-0.2, 0) is 14.3 Å². The molecular weight excluding hydrogens is 316 g/mol. The molecule has 1 saturated heterocycles. The van der Waals surface area contributed by atoms with E-state index in [-0.39, 0.29) is 23.8 Å². The predicted molar refractivity (Wildman–Crippen MR) is 89.6 cm³/mol. The van der Waals surface area contributed by atoms with Gasteiger partial charge in [-0.05, 0) is 32.0 Å². The van der Waals surface area contributed by atoms with Crippen molar-refractivity contribution in [2.45, 2.75) is 32.7 Å². The molecule has 1 fully saturated rings. The maximum atomic E-state index is 12.4. The van der Waals surface area contributed by atoms with Crippen molar-refractivity contribution in [1.29, 1.82) is 0 Å². The molecule has 1 amide bonds. The zero-order valence-corrected chi connectivity index (χ0v) is 14.4. The van der Waals surface area contributed by atoms with Crippen molar-refractivity contribution in [1.82, 2.24) is 0 Å². The lowest BCUT2D eigenvalue weighted by Crippen LogP contribution is -3.17. The Bertz CT molecular complexity index is 557.